The van der Waals surface area contributed by atoms with Crippen LogP contribution in [0.1, 0.15) is 67.7 Å². The van der Waals surface area contributed by atoms with Crippen LogP contribution in [0.3, 0.4) is 0 Å². The number of hydrogen-bond acceptors (Lipinski definition) is 5. The molecule has 162 valence electrons. The van der Waals surface area contributed by atoms with Crippen LogP contribution in [-0.2, 0) is 18.9 Å². The van der Waals surface area contributed by atoms with Gasteiger partial charge in [0.2, 0.25) is 0 Å². The lowest BCUT2D eigenvalue weighted by molar-refractivity contribution is -0.118. The van der Waals surface area contributed by atoms with Crippen LogP contribution in [-0.4, -0.2) is 55.3 Å². The number of nitrogens with zero attached hydrogens (tertiary/aromatic N) is 1. The van der Waals surface area contributed by atoms with E-state index in [-0.39, 0.29) is 12.2 Å². The molecule has 1 fully saturated rings. The number of allylic oxidation sites excluding steroid dienone is 3. The summed E-state index contributed by atoms with van der Waals surface area (Å²) in [5.41, 5.74) is 0.0700. The summed E-state index contributed by atoms with van der Waals surface area (Å²) in [6, 6.07) is 0. The predicted octanol–water partition coefficient (Wildman–Crippen LogP) is 5.04. The molecule has 1 aliphatic heterocycles. The normalized spacial score (nSPS) is 20.1. The van der Waals surface area contributed by atoms with Gasteiger partial charge in [0.1, 0.15) is 29.8 Å². The SMILES string of the molecule is CC/C(=C\C=C1\OCCOC1C)CCCOC(C)(C)N(C)C(=O)OC(C)(C)C. The van der Waals surface area contributed by atoms with E-state index in [0.717, 1.165) is 25.0 Å². The van der Waals surface area contributed by atoms with Gasteiger partial charge < -0.3 is 18.9 Å². The topological polar surface area (TPSA) is 57.2 Å². The monoisotopic (exact) mass is 397 g/mol. The molecule has 1 rings (SSSR count). The second-order valence-corrected chi connectivity index (χ2v) is 8.55. The van der Waals surface area contributed by atoms with Gasteiger partial charge in [-0.15, -0.1) is 0 Å². The largest absolute Gasteiger partial charge is 0.493 e. The fourth-order valence-electron chi connectivity index (χ4n) is 2.61. The highest BCUT2D eigenvalue weighted by molar-refractivity contribution is 5.68. The highest BCUT2D eigenvalue weighted by Gasteiger charge is 2.31. The summed E-state index contributed by atoms with van der Waals surface area (Å²) in [6.07, 6.45) is 6.55. The standard InChI is InChI=1S/C22H39NO5/c1-9-18(12-13-19-17(2)25-15-16-26-19)11-10-14-27-22(6,7)23(8)20(24)28-21(3,4)5/h12-13,17H,9-11,14-16H2,1-8H3/b18-12+,19-13+. The van der Waals surface area contributed by atoms with Gasteiger partial charge in [-0.1, -0.05) is 18.6 Å². The van der Waals surface area contributed by atoms with E-state index in [1.165, 1.54) is 10.5 Å². The van der Waals surface area contributed by atoms with Crippen LogP contribution >= 0.6 is 0 Å². The Morgan fingerprint density at radius 2 is 1.93 bits per heavy atom. The zero-order chi connectivity index (χ0) is 21.4. The minimum absolute atomic E-state index is 0.00984. The molecule has 1 heterocycles. The summed E-state index contributed by atoms with van der Waals surface area (Å²) >= 11 is 0. The van der Waals surface area contributed by atoms with Gasteiger partial charge in [-0.25, -0.2) is 4.79 Å². The fraction of sp³-hybridized carbons (Fsp3) is 0.773. The third-order valence-electron chi connectivity index (χ3n) is 4.63. The van der Waals surface area contributed by atoms with Gasteiger partial charge in [0.05, 0.1) is 6.61 Å². The quantitative estimate of drug-likeness (QED) is 0.424. The average Bonchev–Trinajstić information content (AvgIpc) is 2.60. The first-order valence-corrected chi connectivity index (χ1v) is 10.2. The maximum atomic E-state index is 12.2. The second-order valence-electron chi connectivity index (χ2n) is 8.55. The summed E-state index contributed by atoms with van der Waals surface area (Å²) in [4.78, 5) is 13.7. The van der Waals surface area contributed by atoms with Crippen molar-refractivity contribution >= 4 is 6.09 Å². The molecule has 6 nitrogen and oxygen atoms in total. The molecule has 0 aliphatic carbocycles. The predicted molar refractivity (Wildman–Crippen MR) is 111 cm³/mol. The number of rotatable bonds is 8. The first-order valence-electron chi connectivity index (χ1n) is 10.2. The van der Waals surface area contributed by atoms with Crippen molar-refractivity contribution in [2.75, 3.05) is 26.9 Å². The number of carbonyl (C=O) groups excluding carboxylic acids is 1. The van der Waals surface area contributed by atoms with E-state index in [0.29, 0.717) is 19.8 Å². The molecule has 0 spiro atoms. The van der Waals surface area contributed by atoms with Crippen molar-refractivity contribution in [3.63, 3.8) is 0 Å². The molecule has 6 heteroatoms. The number of amides is 1. The van der Waals surface area contributed by atoms with Crippen molar-refractivity contribution in [1.82, 2.24) is 4.90 Å². The molecular weight excluding hydrogens is 358 g/mol. The van der Waals surface area contributed by atoms with Crippen molar-refractivity contribution < 1.29 is 23.7 Å². The molecule has 1 amide bonds. The molecule has 0 N–H and O–H groups in total. The Hall–Kier alpha value is -1.53. The Morgan fingerprint density at radius 3 is 2.50 bits per heavy atom. The summed E-state index contributed by atoms with van der Waals surface area (Å²) < 4.78 is 22.6. The summed E-state index contributed by atoms with van der Waals surface area (Å²) in [5.74, 6) is 0.883. The molecule has 1 aliphatic rings. The molecule has 0 aromatic rings. The summed E-state index contributed by atoms with van der Waals surface area (Å²) in [7, 11) is 1.70. The molecule has 0 aromatic heterocycles. The van der Waals surface area contributed by atoms with Gasteiger partial charge in [0, 0.05) is 13.7 Å². The molecule has 1 atom stereocenters. The zero-order valence-electron chi connectivity index (χ0n) is 19.0. The van der Waals surface area contributed by atoms with Crippen LogP contribution in [0, 0.1) is 0 Å². The van der Waals surface area contributed by atoms with Gasteiger partial charge in [0.25, 0.3) is 0 Å². The Morgan fingerprint density at radius 1 is 1.25 bits per heavy atom. The smallest absolute Gasteiger partial charge is 0.412 e. The van der Waals surface area contributed by atoms with E-state index in [1.54, 1.807) is 7.05 Å². The van der Waals surface area contributed by atoms with E-state index in [1.807, 2.05) is 47.6 Å². The Kier molecular flexibility index (Phi) is 9.51. The minimum atomic E-state index is -0.733. The lowest BCUT2D eigenvalue weighted by Crippen LogP contribution is -2.49. The molecule has 0 radical (unpaired) electrons. The van der Waals surface area contributed by atoms with E-state index in [4.69, 9.17) is 18.9 Å². The first kappa shape index (κ1) is 24.5. The van der Waals surface area contributed by atoms with E-state index < -0.39 is 11.3 Å². The molecule has 1 unspecified atom stereocenters. The summed E-state index contributed by atoms with van der Waals surface area (Å²) in [5, 5.41) is 0. The van der Waals surface area contributed by atoms with E-state index in [9.17, 15) is 4.79 Å². The maximum absolute atomic E-state index is 12.2. The van der Waals surface area contributed by atoms with Crippen LogP contribution < -0.4 is 0 Å². The highest BCUT2D eigenvalue weighted by atomic mass is 16.6. The third kappa shape index (κ3) is 8.65. The fourth-order valence-corrected chi connectivity index (χ4v) is 2.61. The molecule has 28 heavy (non-hydrogen) atoms. The van der Waals surface area contributed by atoms with Gasteiger partial charge in [0.15, 0.2) is 0 Å². The molecule has 0 aromatic carbocycles. The van der Waals surface area contributed by atoms with Crippen molar-refractivity contribution in [2.24, 2.45) is 0 Å². The second kappa shape index (κ2) is 10.9. The van der Waals surface area contributed by atoms with Gasteiger partial charge in [-0.2, -0.15) is 0 Å². The van der Waals surface area contributed by atoms with Crippen LogP contribution in [0.5, 0.6) is 0 Å². The molecule has 1 saturated heterocycles. The van der Waals surface area contributed by atoms with E-state index >= 15 is 0 Å². The van der Waals surface area contributed by atoms with Gasteiger partial charge >= 0.3 is 6.09 Å². The van der Waals surface area contributed by atoms with Crippen LogP contribution in [0.2, 0.25) is 0 Å². The molecular formula is C22H39NO5. The lowest BCUT2D eigenvalue weighted by Gasteiger charge is -2.36. The zero-order valence-corrected chi connectivity index (χ0v) is 19.0. The van der Waals surface area contributed by atoms with Crippen molar-refractivity contribution in [3.8, 4) is 0 Å². The number of ether oxygens (including phenoxy) is 4. The van der Waals surface area contributed by atoms with Gasteiger partial charge in [-0.05, 0) is 66.9 Å². The van der Waals surface area contributed by atoms with Crippen molar-refractivity contribution in [1.29, 1.82) is 0 Å². The Labute approximate surface area is 170 Å². The van der Waals surface area contributed by atoms with Crippen molar-refractivity contribution in [3.05, 3.63) is 23.5 Å². The molecule has 0 bridgehead atoms. The third-order valence-corrected chi connectivity index (χ3v) is 4.63. The van der Waals surface area contributed by atoms with Crippen LogP contribution in [0.4, 0.5) is 4.79 Å². The Balaban J connectivity index is 2.49. The summed E-state index contributed by atoms with van der Waals surface area (Å²) in [6.45, 7) is 15.3. The highest BCUT2D eigenvalue weighted by Crippen LogP contribution is 2.20. The van der Waals surface area contributed by atoms with E-state index in [2.05, 4.69) is 13.0 Å². The van der Waals surface area contributed by atoms with Gasteiger partial charge in [-0.3, -0.25) is 4.90 Å². The average molecular weight is 398 g/mol. The maximum Gasteiger partial charge on any atom is 0.412 e. The number of carbonyl (C=O) groups is 1. The molecule has 0 saturated carbocycles. The van der Waals surface area contributed by atoms with Crippen molar-refractivity contribution in [2.45, 2.75) is 85.2 Å². The lowest BCUT2D eigenvalue weighted by atomic mass is 10.1. The van der Waals surface area contributed by atoms with Crippen LogP contribution in [0.15, 0.2) is 23.5 Å². The first-order chi connectivity index (χ1) is 13.0. The minimum Gasteiger partial charge on any atom is -0.493 e. The van der Waals surface area contributed by atoms with Crippen LogP contribution in [0.25, 0.3) is 0 Å². The Bertz CT molecular complexity index is 560. The number of hydrogen-bond donors (Lipinski definition) is 0.